The van der Waals surface area contributed by atoms with Crippen LogP contribution in [0.25, 0.3) is 16.9 Å². The number of carbonyl (C=O) groups excluding carboxylic acids is 1. The Morgan fingerprint density at radius 1 is 1.27 bits per heavy atom. The van der Waals surface area contributed by atoms with Crippen LogP contribution in [-0.2, 0) is 4.74 Å². The van der Waals surface area contributed by atoms with Crippen molar-refractivity contribution in [2.45, 2.75) is 6.92 Å². The van der Waals surface area contributed by atoms with Crippen molar-refractivity contribution in [1.29, 1.82) is 0 Å². The van der Waals surface area contributed by atoms with Gasteiger partial charge in [-0.1, -0.05) is 12.1 Å². The number of ether oxygens (including phenoxy) is 1. The summed E-state index contributed by atoms with van der Waals surface area (Å²) in [4.78, 5) is 20.0. The van der Waals surface area contributed by atoms with Gasteiger partial charge in [0.2, 0.25) is 0 Å². The maximum Gasteiger partial charge on any atom is 0.337 e. The molecule has 1 aromatic carbocycles. The van der Waals surface area contributed by atoms with Crippen LogP contribution in [0, 0.1) is 0 Å². The molecule has 0 bridgehead atoms. The zero-order valence-electron chi connectivity index (χ0n) is 12.3. The Morgan fingerprint density at radius 3 is 2.73 bits per heavy atom. The molecular weight excluding hydrogens is 282 g/mol. The molecule has 0 aliphatic heterocycles. The summed E-state index contributed by atoms with van der Waals surface area (Å²) in [5.41, 5.74) is 2.90. The van der Waals surface area contributed by atoms with Gasteiger partial charge in [-0.3, -0.25) is 0 Å². The number of nitrogens with zero attached hydrogens (tertiary/aromatic N) is 4. The first-order chi connectivity index (χ1) is 10.7. The maximum absolute atomic E-state index is 11.5. The average molecular weight is 297 g/mol. The second kappa shape index (κ2) is 5.80. The van der Waals surface area contributed by atoms with E-state index in [1.807, 2.05) is 19.1 Å². The van der Waals surface area contributed by atoms with E-state index in [0.29, 0.717) is 17.0 Å². The minimum absolute atomic E-state index is 0.360. The molecule has 0 aliphatic rings. The van der Waals surface area contributed by atoms with Gasteiger partial charge in [0.25, 0.3) is 0 Å². The van der Waals surface area contributed by atoms with E-state index in [2.05, 4.69) is 20.4 Å². The van der Waals surface area contributed by atoms with E-state index < -0.39 is 0 Å². The number of aromatic nitrogens is 4. The minimum atomic E-state index is -0.360. The molecule has 7 nitrogen and oxygen atoms in total. The lowest BCUT2D eigenvalue weighted by atomic mass is 10.1. The molecule has 112 valence electrons. The molecule has 0 saturated heterocycles. The highest BCUT2D eigenvalue weighted by molar-refractivity contribution is 5.89. The van der Waals surface area contributed by atoms with Crippen molar-refractivity contribution in [3.05, 3.63) is 42.4 Å². The van der Waals surface area contributed by atoms with E-state index in [4.69, 9.17) is 4.74 Å². The first-order valence-corrected chi connectivity index (χ1v) is 6.86. The largest absolute Gasteiger partial charge is 0.465 e. The van der Waals surface area contributed by atoms with Crippen LogP contribution in [0.3, 0.4) is 0 Å². The number of imidazole rings is 1. The van der Waals surface area contributed by atoms with Gasteiger partial charge in [-0.2, -0.15) is 5.10 Å². The van der Waals surface area contributed by atoms with Crippen molar-refractivity contribution in [2.24, 2.45) is 0 Å². The van der Waals surface area contributed by atoms with Crippen molar-refractivity contribution >= 4 is 17.4 Å². The molecule has 22 heavy (non-hydrogen) atoms. The van der Waals surface area contributed by atoms with E-state index in [1.54, 1.807) is 22.8 Å². The molecule has 0 aliphatic carbocycles. The number of methoxy groups -OCH3 is 1. The van der Waals surface area contributed by atoms with Crippen LogP contribution < -0.4 is 5.32 Å². The van der Waals surface area contributed by atoms with Gasteiger partial charge in [-0.05, 0) is 19.1 Å². The zero-order valence-corrected chi connectivity index (χ0v) is 12.3. The van der Waals surface area contributed by atoms with Crippen LogP contribution in [0.5, 0.6) is 0 Å². The highest BCUT2D eigenvalue weighted by Gasteiger charge is 2.12. The van der Waals surface area contributed by atoms with E-state index >= 15 is 0 Å². The van der Waals surface area contributed by atoms with E-state index in [0.717, 1.165) is 17.8 Å². The van der Waals surface area contributed by atoms with Crippen molar-refractivity contribution < 1.29 is 9.53 Å². The summed E-state index contributed by atoms with van der Waals surface area (Å²) in [6.45, 7) is 2.75. The van der Waals surface area contributed by atoms with Gasteiger partial charge in [0, 0.05) is 12.1 Å². The third-order valence-electron chi connectivity index (χ3n) is 3.25. The normalized spacial score (nSPS) is 10.6. The quantitative estimate of drug-likeness (QED) is 0.742. The van der Waals surface area contributed by atoms with Gasteiger partial charge < -0.3 is 10.1 Å². The molecule has 0 radical (unpaired) electrons. The highest BCUT2D eigenvalue weighted by atomic mass is 16.5. The summed E-state index contributed by atoms with van der Waals surface area (Å²) in [7, 11) is 1.36. The zero-order chi connectivity index (χ0) is 15.5. The molecule has 0 fully saturated rings. The van der Waals surface area contributed by atoms with Gasteiger partial charge in [-0.15, -0.1) is 0 Å². The molecule has 1 N–H and O–H groups in total. The standard InChI is InChI=1S/C15H15N5O2/c1-3-16-13-14-17-8-12(20(14)19-9-18-13)10-4-6-11(7-5-10)15(21)22-2/h4-9H,3H2,1-2H3,(H,16,18,19). The van der Waals surface area contributed by atoms with E-state index in [9.17, 15) is 4.79 Å². The van der Waals surface area contributed by atoms with Gasteiger partial charge in [-0.25, -0.2) is 19.3 Å². The number of nitrogens with one attached hydrogen (secondary N) is 1. The lowest BCUT2D eigenvalue weighted by molar-refractivity contribution is 0.0601. The molecule has 3 rings (SSSR count). The fraction of sp³-hybridized carbons (Fsp3) is 0.200. The summed E-state index contributed by atoms with van der Waals surface area (Å²) < 4.78 is 6.41. The molecule has 0 unspecified atom stereocenters. The highest BCUT2D eigenvalue weighted by Crippen LogP contribution is 2.22. The first kappa shape index (κ1) is 14.0. The minimum Gasteiger partial charge on any atom is -0.465 e. The Labute approximate surface area is 127 Å². The smallest absolute Gasteiger partial charge is 0.337 e. The van der Waals surface area contributed by atoms with Gasteiger partial charge in [0.05, 0.1) is 24.6 Å². The van der Waals surface area contributed by atoms with Gasteiger partial charge >= 0.3 is 5.97 Å². The Bertz CT molecular complexity index is 810. The van der Waals surface area contributed by atoms with E-state index in [-0.39, 0.29) is 5.97 Å². The summed E-state index contributed by atoms with van der Waals surface area (Å²) in [5, 5.41) is 7.40. The average Bonchev–Trinajstić information content (AvgIpc) is 2.99. The Balaban J connectivity index is 2.03. The Kier molecular flexibility index (Phi) is 3.69. The lowest BCUT2D eigenvalue weighted by Gasteiger charge is -2.05. The van der Waals surface area contributed by atoms with Crippen LogP contribution in [0.2, 0.25) is 0 Å². The Hall–Kier alpha value is -2.96. The topological polar surface area (TPSA) is 81.4 Å². The molecule has 7 heteroatoms. The first-order valence-electron chi connectivity index (χ1n) is 6.86. The number of hydrogen-bond acceptors (Lipinski definition) is 6. The van der Waals surface area contributed by atoms with E-state index in [1.165, 1.54) is 13.4 Å². The Morgan fingerprint density at radius 2 is 2.05 bits per heavy atom. The van der Waals surface area contributed by atoms with Crippen LogP contribution in [-0.4, -0.2) is 39.2 Å². The SMILES string of the molecule is CCNc1ncnn2c(-c3ccc(C(=O)OC)cc3)cnc12. The summed E-state index contributed by atoms with van der Waals surface area (Å²) in [6, 6.07) is 7.11. The molecule has 0 spiro atoms. The number of fused-ring (bicyclic) bond motifs is 1. The number of benzene rings is 1. The van der Waals surface area contributed by atoms with Crippen molar-refractivity contribution in [1.82, 2.24) is 19.6 Å². The third kappa shape index (κ3) is 2.37. The second-order valence-electron chi connectivity index (χ2n) is 4.59. The molecule has 2 heterocycles. The molecule has 2 aromatic heterocycles. The van der Waals surface area contributed by atoms with Crippen LogP contribution in [0.1, 0.15) is 17.3 Å². The van der Waals surface area contributed by atoms with Crippen molar-refractivity contribution in [3.63, 3.8) is 0 Å². The number of anilines is 1. The van der Waals surface area contributed by atoms with Crippen molar-refractivity contribution in [3.8, 4) is 11.3 Å². The summed E-state index contributed by atoms with van der Waals surface area (Å²) >= 11 is 0. The molecule has 0 atom stereocenters. The second-order valence-corrected chi connectivity index (χ2v) is 4.59. The fourth-order valence-electron chi connectivity index (χ4n) is 2.20. The van der Waals surface area contributed by atoms with Crippen molar-refractivity contribution in [2.75, 3.05) is 19.0 Å². The lowest BCUT2D eigenvalue weighted by Crippen LogP contribution is -2.04. The van der Waals surface area contributed by atoms with Crippen LogP contribution in [0.15, 0.2) is 36.8 Å². The molecular formula is C15H15N5O2. The van der Waals surface area contributed by atoms with Crippen LogP contribution in [0.4, 0.5) is 5.82 Å². The number of hydrogen-bond donors (Lipinski definition) is 1. The summed E-state index contributed by atoms with van der Waals surface area (Å²) in [6.07, 6.45) is 3.22. The number of esters is 1. The molecule has 3 aromatic rings. The maximum atomic E-state index is 11.5. The number of carbonyl (C=O) groups is 1. The number of rotatable bonds is 4. The third-order valence-corrected chi connectivity index (χ3v) is 3.25. The predicted molar refractivity (Wildman–Crippen MR) is 81.7 cm³/mol. The van der Waals surface area contributed by atoms with Gasteiger partial charge in [0.1, 0.15) is 6.33 Å². The predicted octanol–water partition coefficient (Wildman–Crippen LogP) is 2.01. The fourth-order valence-corrected chi connectivity index (χ4v) is 2.20. The molecule has 0 saturated carbocycles. The molecule has 0 amide bonds. The van der Waals surface area contributed by atoms with Crippen LogP contribution >= 0.6 is 0 Å². The van der Waals surface area contributed by atoms with Gasteiger partial charge in [0.15, 0.2) is 11.5 Å². The monoisotopic (exact) mass is 297 g/mol. The summed E-state index contributed by atoms with van der Waals surface area (Å²) in [5.74, 6) is 0.330.